The van der Waals surface area contributed by atoms with Gasteiger partial charge in [-0.05, 0) is 55.2 Å². The summed E-state index contributed by atoms with van der Waals surface area (Å²) in [7, 11) is -3.99. The van der Waals surface area contributed by atoms with Crippen LogP contribution in [0.2, 0.25) is 0 Å². The highest BCUT2D eigenvalue weighted by Crippen LogP contribution is 2.21. The van der Waals surface area contributed by atoms with E-state index in [1.54, 1.807) is 25.1 Å². The van der Waals surface area contributed by atoms with E-state index in [1.807, 2.05) is 20.8 Å². The lowest BCUT2D eigenvalue weighted by Crippen LogP contribution is -2.17. The molecule has 0 atom stereocenters. The van der Waals surface area contributed by atoms with Gasteiger partial charge in [0.05, 0.1) is 0 Å². The molecule has 0 unspecified atom stereocenters. The molecule has 0 amide bonds. The number of hydrogen-bond donors (Lipinski definition) is 0. The molecule has 0 N–H and O–H groups in total. The first kappa shape index (κ1) is 17.1. The highest BCUT2D eigenvalue weighted by atomic mass is 32.2. The van der Waals surface area contributed by atoms with Crippen molar-refractivity contribution in [3.8, 4) is 0 Å². The van der Waals surface area contributed by atoms with Crippen molar-refractivity contribution >= 4 is 21.6 Å². The minimum Gasteiger partial charge on any atom is -0.290 e. The van der Waals surface area contributed by atoms with Crippen molar-refractivity contribution in [3.63, 3.8) is 0 Å². The van der Waals surface area contributed by atoms with Crippen molar-refractivity contribution in [1.29, 1.82) is 0 Å². The molecule has 0 saturated carbocycles. The van der Waals surface area contributed by atoms with E-state index in [-0.39, 0.29) is 16.6 Å². The van der Waals surface area contributed by atoms with Gasteiger partial charge in [0.2, 0.25) is 0 Å². The van der Waals surface area contributed by atoms with Crippen LogP contribution < -0.4 is 0 Å². The number of ketones is 1. The number of rotatable bonds is 4. The molecule has 122 valence electrons. The first-order chi connectivity index (χ1) is 10.7. The topological polar surface area (TPSA) is 72.8 Å². The first-order valence-electron chi connectivity index (χ1n) is 7.23. The number of allylic oxidation sites excluding steroid dienone is 4. The summed E-state index contributed by atoms with van der Waals surface area (Å²) in [6.45, 7) is 7.32. The molecule has 0 radical (unpaired) electrons. The second-order valence-corrected chi connectivity index (χ2v) is 7.29. The van der Waals surface area contributed by atoms with Gasteiger partial charge in [-0.2, -0.15) is 8.42 Å². The molecule has 1 aliphatic rings. The molecule has 0 spiro atoms. The Morgan fingerprint density at radius 1 is 1.04 bits per heavy atom. The Bertz CT molecular complexity index is 813. The maximum atomic E-state index is 12.2. The van der Waals surface area contributed by atoms with Gasteiger partial charge in [-0.25, -0.2) is 0 Å². The lowest BCUT2D eigenvalue weighted by atomic mass is 9.90. The zero-order chi connectivity index (χ0) is 17.2. The maximum Gasteiger partial charge on any atom is 0.358 e. The van der Waals surface area contributed by atoms with Gasteiger partial charge in [0.25, 0.3) is 0 Å². The van der Waals surface area contributed by atoms with Crippen LogP contribution in [0.5, 0.6) is 0 Å². The summed E-state index contributed by atoms with van der Waals surface area (Å²) in [6, 6.07) is 6.31. The van der Waals surface area contributed by atoms with Crippen molar-refractivity contribution in [2.75, 3.05) is 0 Å². The van der Waals surface area contributed by atoms with Crippen LogP contribution in [0.4, 0.5) is 0 Å². The predicted octanol–water partition coefficient (Wildman–Crippen LogP) is 3.17. The zero-order valence-corrected chi connectivity index (χ0v) is 14.3. The summed E-state index contributed by atoms with van der Waals surface area (Å²) in [4.78, 5) is 11.8. The Morgan fingerprint density at radius 3 is 2.22 bits per heavy atom. The Kier molecular flexibility index (Phi) is 4.85. The van der Waals surface area contributed by atoms with E-state index < -0.39 is 10.1 Å². The normalized spacial score (nSPS) is 17.3. The number of carbonyl (C=O) groups excluding carboxylic acids is 1. The second kappa shape index (κ2) is 6.50. The smallest absolute Gasteiger partial charge is 0.290 e. The number of carbonyl (C=O) groups is 1. The fourth-order valence-electron chi connectivity index (χ4n) is 2.07. The first-order valence-corrected chi connectivity index (χ1v) is 8.64. The lowest BCUT2D eigenvalue weighted by Gasteiger charge is -2.15. The van der Waals surface area contributed by atoms with Crippen LogP contribution in [0.3, 0.4) is 0 Å². The molecule has 0 fully saturated rings. The molecule has 5 nitrogen and oxygen atoms in total. The average molecular weight is 333 g/mol. The van der Waals surface area contributed by atoms with Crippen molar-refractivity contribution in [1.82, 2.24) is 0 Å². The molecule has 1 aromatic rings. The summed E-state index contributed by atoms with van der Waals surface area (Å²) in [6.07, 6.45) is 3.02. The molecule has 1 aliphatic carbocycles. The molecule has 23 heavy (non-hydrogen) atoms. The van der Waals surface area contributed by atoms with Crippen LogP contribution in [0.25, 0.3) is 0 Å². The molecule has 1 aromatic carbocycles. The molecule has 0 aliphatic heterocycles. The largest absolute Gasteiger partial charge is 0.358 e. The van der Waals surface area contributed by atoms with E-state index in [9.17, 15) is 13.2 Å². The van der Waals surface area contributed by atoms with E-state index in [1.165, 1.54) is 18.2 Å². The van der Waals surface area contributed by atoms with Crippen molar-refractivity contribution < 1.29 is 17.5 Å². The molecule has 0 aromatic heterocycles. The van der Waals surface area contributed by atoms with E-state index in [0.29, 0.717) is 16.9 Å². The van der Waals surface area contributed by atoms with Gasteiger partial charge in [0.1, 0.15) is 10.6 Å². The number of benzene rings is 1. The van der Waals surface area contributed by atoms with E-state index in [4.69, 9.17) is 4.28 Å². The Balaban J connectivity index is 2.32. The number of nitrogens with zero attached hydrogens (tertiary/aromatic N) is 1. The van der Waals surface area contributed by atoms with Gasteiger partial charge in [-0.1, -0.05) is 36.7 Å². The SMILES string of the molecule is CC1=C/C(=N\OS(=O)(=O)c2ccc(C)cc2)C(C(C)C)=CC1=O. The molecule has 2 rings (SSSR count). The van der Waals surface area contributed by atoms with E-state index in [2.05, 4.69) is 5.16 Å². The van der Waals surface area contributed by atoms with Crippen LogP contribution in [-0.4, -0.2) is 19.9 Å². The quantitative estimate of drug-likeness (QED) is 0.627. The summed E-state index contributed by atoms with van der Waals surface area (Å²) >= 11 is 0. The third-order valence-electron chi connectivity index (χ3n) is 3.49. The number of hydrogen-bond acceptors (Lipinski definition) is 5. The molecule has 0 bridgehead atoms. The molecular formula is C17H19NO4S. The summed E-state index contributed by atoms with van der Waals surface area (Å²) in [5, 5.41) is 3.77. The van der Waals surface area contributed by atoms with Crippen LogP contribution >= 0.6 is 0 Å². The van der Waals surface area contributed by atoms with Crippen molar-refractivity contribution in [2.24, 2.45) is 11.1 Å². The summed E-state index contributed by atoms with van der Waals surface area (Å²) in [5.74, 6) is -0.0817. The van der Waals surface area contributed by atoms with Crippen LogP contribution in [0.15, 0.2) is 57.6 Å². The Hall–Kier alpha value is -2.21. The number of aryl methyl sites for hydroxylation is 1. The van der Waals surface area contributed by atoms with Gasteiger partial charge < -0.3 is 0 Å². The lowest BCUT2D eigenvalue weighted by molar-refractivity contribution is -0.111. The van der Waals surface area contributed by atoms with E-state index in [0.717, 1.165) is 5.56 Å². The Morgan fingerprint density at radius 2 is 1.65 bits per heavy atom. The molecule has 6 heteroatoms. The summed E-state index contributed by atoms with van der Waals surface area (Å²) < 4.78 is 29.2. The minimum absolute atomic E-state index is 0.0210. The fraction of sp³-hybridized carbons (Fsp3) is 0.294. The van der Waals surface area contributed by atoms with Crippen molar-refractivity contribution in [2.45, 2.75) is 32.6 Å². The van der Waals surface area contributed by atoms with E-state index >= 15 is 0 Å². The predicted molar refractivity (Wildman–Crippen MR) is 88.6 cm³/mol. The van der Waals surface area contributed by atoms with Crippen molar-refractivity contribution in [3.05, 3.63) is 53.1 Å². The second-order valence-electron chi connectivity index (χ2n) is 5.76. The van der Waals surface area contributed by atoms with Crippen LogP contribution in [-0.2, 0) is 19.2 Å². The average Bonchev–Trinajstić information content (AvgIpc) is 2.48. The molecular weight excluding hydrogens is 314 g/mol. The van der Waals surface area contributed by atoms with Gasteiger partial charge in [0, 0.05) is 0 Å². The third-order valence-corrected chi connectivity index (χ3v) is 4.61. The molecule has 0 heterocycles. The van der Waals surface area contributed by atoms with Crippen LogP contribution in [0.1, 0.15) is 26.3 Å². The highest BCUT2D eigenvalue weighted by molar-refractivity contribution is 7.86. The standard InChI is InChI=1S/C17H19NO4S/c1-11(2)15-10-17(19)13(4)9-16(15)18-22-23(20,21)14-7-5-12(3)6-8-14/h5-11H,1-4H3/b18-16+. The Labute approximate surface area is 136 Å². The highest BCUT2D eigenvalue weighted by Gasteiger charge is 2.21. The van der Waals surface area contributed by atoms with Gasteiger partial charge in [-0.3, -0.25) is 9.08 Å². The van der Waals surface area contributed by atoms with Gasteiger partial charge in [-0.15, -0.1) is 0 Å². The third kappa shape index (κ3) is 3.96. The maximum absolute atomic E-state index is 12.2. The minimum atomic E-state index is -3.99. The fourth-order valence-corrected chi connectivity index (χ4v) is 2.80. The zero-order valence-electron chi connectivity index (χ0n) is 13.5. The van der Waals surface area contributed by atoms with Gasteiger partial charge in [0.15, 0.2) is 5.78 Å². The monoisotopic (exact) mass is 333 g/mol. The molecule has 0 saturated heterocycles. The van der Waals surface area contributed by atoms with Gasteiger partial charge >= 0.3 is 10.1 Å². The summed E-state index contributed by atoms with van der Waals surface area (Å²) in [5.41, 5.74) is 2.45. The van der Waals surface area contributed by atoms with Crippen LogP contribution in [0, 0.1) is 12.8 Å². The number of oxime groups is 1.